The summed E-state index contributed by atoms with van der Waals surface area (Å²) in [4.78, 5) is 36.1. The van der Waals surface area contributed by atoms with Crippen LogP contribution >= 0.6 is 0 Å². The number of alkyl halides is 2. The molecule has 0 saturated heterocycles. The van der Waals surface area contributed by atoms with E-state index in [0.29, 0.717) is 32.1 Å². The molecule has 0 aromatic rings. The van der Waals surface area contributed by atoms with Crippen molar-refractivity contribution in [2.75, 3.05) is 0 Å². The van der Waals surface area contributed by atoms with Crippen LogP contribution in [0.15, 0.2) is 0 Å². The summed E-state index contributed by atoms with van der Waals surface area (Å²) in [6.45, 7) is 1.37. The van der Waals surface area contributed by atoms with Gasteiger partial charge in [-0.15, -0.1) is 0 Å². The third-order valence-corrected chi connectivity index (χ3v) is 7.71. The fourth-order valence-electron chi connectivity index (χ4n) is 6.70. The molecule has 4 bridgehead atoms. The van der Waals surface area contributed by atoms with E-state index in [9.17, 15) is 23.2 Å². The van der Waals surface area contributed by atoms with Crippen LogP contribution in [0, 0.1) is 23.2 Å². The van der Waals surface area contributed by atoms with Crippen LogP contribution in [0.3, 0.4) is 0 Å². The summed E-state index contributed by atoms with van der Waals surface area (Å²) in [5.74, 6) is -7.05. The first kappa shape index (κ1) is 20.5. The van der Waals surface area contributed by atoms with Crippen LogP contribution in [-0.4, -0.2) is 40.6 Å². The Labute approximate surface area is 168 Å². The highest BCUT2D eigenvalue weighted by atomic mass is 19.3. The van der Waals surface area contributed by atoms with E-state index < -0.39 is 28.9 Å². The third kappa shape index (κ3) is 3.22. The summed E-state index contributed by atoms with van der Waals surface area (Å²) < 4.78 is 40.4. The first-order valence-corrected chi connectivity index (χ1v) is 10.6. The van der Waals surface area contributed by atoms with E-state index in [-0.39, 0.29) is 42.7 Å². The van der Waals surface area contributed by atoms with Crippen LogP contribution in [0.2, 0.25) is 0 Å². The van der Waals surface area contributed by atoms with Crippen molar-refractivity contribution < 1.29 is 37.7 Å². The number of ether oxygens (including phenoxy) is 2. The van der Waals surface area contributed by atoms with Gasteiger partial charge in [0, 0.05) is 6.92 Å². The van der Waals surface area contributed by atoms with E-state index in [1.807, 2.05) is 0 Å². The second kappa shape index (κ2) is 6.91. The highest BCUT2D eigenvalue weighted by Gasteiger charge is 2.66. The lowest BCUT2D eigenvalue weighted by Crippen LogP contribution is -2.61. The van der Waals surface area contributed by atoms with Gasteiger partial charge in [-0.2, -0.15) is 8.78 Å². The van der Waals surface area contributed by atoms with Crippen molar-refractivity contribution in [3.05, 3.63) is 0 Å². The minimum atomic E-state index is -4.12. The second-order valence-corrected chi connectivity index (χ2v) is 9.65. The number of carbonyl (C=O) groups excluding carboxylic acids is 2. The van der Waals surface area contributed by atoms with Gasteiger partial charge in [-0.3, -0.25) is 9.59 Å². The SMILES string of the molecule is CC(=O)OC1C2CC3CC1CC(C(=O)OC1(C(F)(F)C(=O)O)CCCCC1)(C3)C2. The molecule has 0 spiro atoms. The average Bonchev–Trinajstić information content (AvgIpc) is 2.64. The molecule has 5 aliphatic rings. The number of halogens is 2. The lowest BCUT2D eigenvalue weighted by molar-refractivity contribution is -0.244. The first-order valence-electron chi connectivity index (χ1n) is 10.6. The van der Waals surface area contributed by atoms with Gasteiger partial charge in [-0.1, -0.05) is 6.42 Å². The van der Waals surface area contributed by atoms with E-state index in [2.05, 4.69) is 0 Å². The molecule has 29 heavy (non-hydrogen) atoms. The molecule has 5 rings (SSSR count). The zero-order valence-electron chi connectivity index (χ0n) is 16.6. The molecule has 2 atom stereocenters. The fourth-order valence-corrected chi connectivity index (χ4v) is 6.70. The van der Waals surface area contributed by atoms with Gasteiger partial charge in [-0.05, 0) is 75.5 Å². The molecule has 162 valence electrons. The van der Waals surface area contributed by atoms with E-state index in [4.69, 9.17) is 14.6 Å². The Morgan fingerprint density at radius 1 is 1.00 bits per heavy atom. The fraction of sp³-hybridized carbons (Fsp3) is 0.857. The molecule has 0 aliphatic heterocycles. The smallest absolute Gasteiger partial charge is 0.381 e. The lowest BCUT2D eigenvalue weighted by atomic mass is 9.48. The molecule has 5 fully saturated rings. The van der Waals surface area contributed by atoms with Crippen LogP contribution < -0.4 is 0 Å². The maximum Gasteiger partial charge on any atom is 0.381 e. The molecule has 5 saturated carbocycles. The summed E-state index contributed by atoms with van der Waals surface area (Å²) in [6, 6.07) is 0. The Hall–Kier alpha value is -1.73. The highest BCUT2D eigenvalue weighted by molar-refractivity contribution is 5.81. The number of aliphatic carboxylic acids is 1. The highest BCUT2D eigenvalue weighted by Crippen LogP contribution is 2.62. The number of hydrogen-bond donors (Lipinski definition) is 1. The molecule has 0 aromatic heterocycles. The van der Waals surface area contributed by atoms with Crippen LogP contribution in [0.4, 0.5) is 8.78 Å². The Morgan fingerprint density at radius 2 is 1.59 bits per heavy atom. The molecule has 2 unspecified atom stereocenters. The van der Waals surface area contributed by atoms with Gasteiger partial charge in [0.2, 0.25) is 0 Å². The summed E-state index contributed by atoms with van der Waals surface area (Å²) in [5, 5.41) is 9.13. The van der Waals surface area contributed by atoms with E-state index >= 15 is 0 Å². The van der Waals surface area contributed by atoms with E-state index in [0.717, 1.165) is 19.3 Å². The van der Waals surface area contributed by atoms with Crippen molar-refractivity contribution in [1.82, 2.24) is 0 Å². The Kier molecular flexibility index (Phi) is 4.89. The third-order valence-electron chi connectivity index (χ3n) is 7.71. The maximum absolute atomic E-state index is 14.7. The van der Waals surface area contributed by atoms with Gasteiger partial charge in [0.15, 0.2) is 5.60 Å². The predicted octanol–water partition coefficient (Wildman–Crippen LogP) is 3.71. The van der Waals surface area contributed by atoms with Crippen molar-refractivity contribution in [3.63, 3.8) is 0 Å². The van der Waals surface area contributed by atoms with Crippen molar-refractivity contribution in [3.8, 4) is 0 Å². The summed E-state index contributed by atoms with van der Waals surface area (Å²) in [7, 11) is 0. The first-order chi connectivity index (χ1) is 13.6. The minimum absolute atomic E-state index is 0.0278. The van der Waals surface area contributed by atoms with Gasteiger partial charge in [0.05, 0.1) is 5.41 Å². The molecule has 0 aromatic carbocycles. The average molecular weight is 414 g/mol. The van der Waals surface area contributed by atoms with Crippen LogP contribution in [0.25, 0.3) is 0 Å². The van der Waals surface area contributed by atoms with Crippen molar-refractivity contribution in [1.29, 1.82) is 0 Å². The monoisotopic (exact) mass is 414 g/mol. The molecule has 0 radical (unpaired) electrons. The standard InChI is InChI=1S/C21H28F2O6/c1-12(24)28-16-14-7-13-8-15(16)11-19(9-13,10-14)18(27)29-20(5-3-2-4-6-20)21(22,23)17(25)26/h13-16H,2-11H2,1H3,(H,25,26). The van der Waals surface area contributed by atoms with Crippen LogP contribution in [0.1, 0.15) is 71.1 Å². The molecule has 5 aliphatic carbocycles. The minimum Gasteiger partial charge on any atom is -0.477 e. The molecule has 0 amide bonds. The van der Waals surface area contributed by atoms with Crippen molar-refractivity contribution >= 4 is 17.9 Å². The number of carbonyl (C=O) groups is 3. The van der Waals surface area contributed by atoms with Crippen LogP contribution in [-0.2, 0) is 23.9 Å². The maximum atomic E-state index is 14.7. The molecular formula is C21H28F2O6. The number of rotatable bonds is 5. The van der Waals surface area contributed by atoms with Gasteiger partial charge in [-0.25, -0.2) is 4.79 Å². The van der Waals surface area contributed by atoms with E-state index in [1.165, 1.54) is 6.92 Å². The van der Waals surface area contributed by atoms with Crippen LogP contribution in [0.5, 0.6) is 0 Å². The topological polar surface area (TPSA) is 89.9 Å². The quantitative estimate of drug-likeness (QED) is 0.690. The van der Waals surface area contributed by atoms with Crippen molar-refractivity contribution in [2.24, 2.45) is 23.2 Å². The summed E-state index contributed by atoms with van der Waals surface area (Å²) >= 11 is 0. The number of hydrogen-bond acceptors (Lipinski definition) is 5. The van der Waals surface area contributed by atoms with E-state index in [1.54, 1.807) is 0 Å². The zero-order chi connectivity index (χ0) is 21.0. The summed E-state index contributed by atoms with van der Waals surface area (Å²) in [6.07, 6.45) is 4.24. The zero-order valence-corrected chi connectivity index (χ0v) is 16.6. The Morgan fingerprint density at radius 3 is 2.10 bits per heavy atom. The largest absolute Gasteiger partial charge is 0.477 e. The van der Waals surface area contributed by atoms with Gasteiger partial charge in [0.1, 0.15) is 6.10 Å². The number of carboxylic acids is 1. The normalized spacial score (nSPS) is 37.8. The van der Waals surface area contributed by atoms with Gasteiger partial charge >= 0.3 is 23.8 Å². The number of esters is 2. The van der Waals surface area contributed by atoms with Gasteiger partial charge < -0.3 is 14.6 Å². The molecule has 1 N–H and O–H groups in total. The van der Waals surface area contributed by atoms with Crippen molar-refractivity contribution in [2.45, 2.75) is 88.8 Å². The molecular weight excluding hydrogens is 386 g/mol. The molecule has 6 nitrogen and oxygen atoms in total. The van der Waals surface area contributed by atoms with Gasteiger partial charge in [0.25, 0.3) is 0 Å². The molecule has 0 heterocycles. The summed E-state index contributed by atoms with van der Waals surface area (Å²) in [5.41, 5.74) is -3.14. The number of carboxylic acid groups (broad SMARTS) is 1. The Balaban J connectivity index is 1.58. The second-order valence-electron chi connectivity index (χ2n) is 9.65. The Bertz CT molecular complexity index is 698. The molecule has 8 heteroatoms. The lowest BCUT2D eigenvalue weighted by Gasteiger charge is -2.58. The predicted molar refractivity (Wildman–Crippen MR) is 96.0 cm³/mol.